The van der Waals surface area contributed by atoms with E-state index in [0.717, 1.165) is 89.9 Å². The molecule has 78 heavy (non-hydrogen) atoms. The monoisotopic (exact) mass is 1110 g/mol. The highest BCUT2D eigenvalue weighted by Crippen LogP contribution is 2.43. The first kappa shape index (κ1) is 75.2. The van der Waals surface area contributed by atoms with E-state index >= 15 is 0 Å². The third kappa shape index (κ3) is 62.4. The number of phosphoric ester groups is 1. The van der Waals surface area contributed by atoms with E-state index in [1.807, 2.05) is 0 Å². The van der Waals surface area contributed by atoms with Gasteiger partial charge in [-0.3, -0.25) is 18.6 Å². The van der Waals surface area contributed by atoms with Gasteiger partial charge in [-0.1, -0.05) is 285 Å². The first-order chi connectivity index (χ1) is 38.3. The molecule has 0 saturated heterocycles. The van der Waals surface area contributed by atoms with Gasteiger partial charge in [-0.15, -0.1) is 0 Å². The molecule has 0 spiro atoms. The Bertz CT molecular complexity index is 1550. The SMILES string of the molecule is CC/C=C\C/C=C\C/C=C\C/C=C\C/C=C\C/C=C\CCCCCCCCCCCCCCCCCCCCCCC(=O)OC(COC(=O)CCCCCCCCC/C=C\CCCCCCCCC)COP(=O)(O)OCCN. The second-order valence-corrected chi connectivity index (χ2v) is 23.1. The molecule has 0 aromatic rings. The second kappa shape index (κ2) is 63.4. The summed E-state index contributed by atoms with van der Waals surface area (Å²) in [5, 5.41) is 0. The zero-order valence-electron chi connectivity index (χ0n) is 50.6. The van der Waals surface area contributed by atoms with Crippen LogP contribution in [0.2, 0.25) is 0 Å². The molecular weight excluding hydrogens is 990 g/mol. The van der Waals surface area contributed by atoms with E-state index in [9.17, 15) is 19.0 Å². The molecule has 452 valence electrons. The molecule has 0 amide bonds. The van der Waals surface area contributed by atoms with Gasteiger partial charge in [0.05, 0.1) is 13.2 Å². The third-order valence-electron chi connectivity index (χ3n) is 14.0. The van der Waals surface area contributed by atoms with E-state index in [1.165, 1.54) is 180 Å². The van der Waals surface area contributed by atoms with E-state index in [0.29, 0.717) is 6.42 Å². The van der Waals surface area contributed by atoms with Crippen molar-refractivity contribution < 1.29 is 37.6 Å². The molecule has 0 rings (SSSR count). The van der Waals surface area contributed by atoms with Crippen molar-refractivity contribution in [1.29, 1.82) is 0 Å². The minimum absolute atomic E-state index is 0.0524. The molecule has 0 aliphatic heterocycles. The first-order valence-corrected chi connectivity index (χ1v) is 34.1. The number of ether oxygens (including phenoxy) is 2. The Labute approximate surface area is 481 Å². The van der Waals surface area contributed by atoms with Crippen LogP contribution in [0.5, 0.6) is 0 Å². The molecule has 0 heterocycles. The lowest BCUT2D eigenvalue weighted by molar-refractivity contribution is -0.161. The van der Waals surface area contributed by atoms with Crippen LogP contribution >= 0.6 is 7.82 Å². The third-order valence-corrected chi connectivity index (χ3v) is 15.0. The van der Waals surface area contributed by atoms with E-state index in [1.54, 1.807) is 0 Å². The van der Waals surface area contributed by atoms with E-state index in [-0.39, 0.29) is 38.6 Å². The minimum atomic E-state index is -4.39. The normalized spacial score (nSPS) is 13.5. The molecule has 0 saturated carbocycles. The molecule has 0 aromatic carbocycles. The standard InChI is InChI=1S/C68H122NO8P/c1-3-5-7-9-11-13-15-17-19-21-23-24-25-26-27-28-29-30-31-32-33-34-35-36-37-38-39-40-41-42-43-45-47-49-51-53-55-57-59-61-68(71)77-66(65-76-78(72,73)75-63-62-69)64-74-67(70)60-58-56-54-52-50-48-46-44-22-20-18-16-14-12-10-8-6-4-2/h5,7,11,13,17,19-20,22-24,26-27,29-30,66H,3-4,6,8-10,12,14-16,18,21,25,28,31-65,69H2,1-2H3,(H,72,73)/b7-5-,13-11-,19-17-,22-20-,24-23-,27-26-,30-29-. The van der Waals surface area contributed by atoms with Crippen molar-refractivity contribution in [1.82, 2.24) is 0 Å². The first-order valence-electron chi connectivity index (χ1n) is 32.6. The number of esters is 2. The van der Waals surface area contributed by atoms with Crippen molar-refractivity contribution in [3.8, 4) is 0 Å². The smallest absolute Gasteiger partial charge is 0.462 e. The van der Waals surface area contributed by atoms with Crippen LogP contribution in [0.15, 0.2) is 85.1 Å². The molecular formula is C68H122NO8P. The van der Waals surface area contributed by atoms with Gasteiger partial charge in [0, 0.05) is 19.4 Å². The number of unbranched alkanes of at least 4 members (excludes halogenated alkanes) is 34. The summed E-state index contributed by atoms with van der Waals surface area (Å²) in [7, 11) is -4.39. The van der Waals surface area contributed by atoms with Crippen LogP contribution < -0.4 is 5.73 Å². The predicted octanol–water partition coefficient (Wildman–Crippen LogP) is 21.0. The number of phosphoric acid groups is 1. The van der Waals surface area contributed by atoms with Crippen molar-refractivity contribution in [3.05, 3.63) is 85.1 Å². The van der Waals surface area contributed by atoms with Gasteiger partial charge in [-0.05, 0) is 89.9 Å². The number of carbonyl (C=O) groups excluding carboxylic acids is 2. The van der Waals surface area contributed by atoms with Gasteiger partial charge in [0.25, 0.3) is 0 Å². The summed E-state index contributed by atoms with van der Waals surface area (Å²) >= 11 is 0. The van der Waals surface area contributed by atoms with Crippen molar-refractivity contribution in [2.75, 3.05) is 26.4 Å². The Kier molecular flexibility index (Phi) is 61.1. The quantitative estimate of drug-likeness (QED) is 0.0264. The van der Waals surface area contributed by atoms with Gasteiger partial charge in [0.1, 0.15) is 6.61 Å². The Morgan fingerprint density at radius 2 is 0.705 bits per heavy atom. The molecule has 0 radical (unpaired) electrons. The zero-order chi connectivity index (χ0) is 56.6. The fraction of sp³-hybridized carbons (Fsp3) is 0.765. The second-order valence-electron chi connectivity index (χ2n) is 21.6. The Morgan fingerprint density at radius 3 is 1.06 bits per heavy atom. The summed E-state index contributed by atoms with van der Waals surface area (Å²) < 4.78 is 33.1. The van der Waals surface area contributed by atoms with Crippen LogP contribution in [-0.2, 0) is 32.7 Å². The molecule has 3 N–H and O–H groups in total. The lowest BCUT2D eigenvalue weighted by atomic mass is 10.0. The highest BCUT2D eigenvalue weighted by Gasteiger charge is 2.26. The van der Waals surface area contributed by atoms with Gasteiger partial charge >= 0.3 is 19.8 Å². The van der Waals surface area contributed by atoms with E-state index in [4.69, 9.17) is 24.3 Å². The maximum absolute atomic E-state index is 12.7. The fourth-order valence-electron chi connectivity index (χ4n) is 9.23. The Hall–Kier alpha value is -2.81. The summed E-state index contributed by atoms with van der Waals surface area (Å²) in [4.78, 5) is 35.2. The molecule has 2 unspecified atom stereocenters. The van der Waals surface area contributed by atoms with Gasteiger partial charge < -0.3 is 20.1 Å². The topological polar surface area (TPSA) is 134 Å². The summed E-state index contributed by atoms with van der Waals surface area (Å²) in [6, 6.07) is 0. The van der Waals surface area contributed by atoms with Crippen LogP contribution in [0.25, 0.3) is 0 Å². The average Bonchev–Trinajstić information content (AvgIpc) is 3.43. The van der Waals surface area contributed by atoms with Crippen LogP contribution in [0.3, 0.4) is 0 Å². The molecule has 0 bridgehead atoms. The number of allylic oxidation sites excluding steroid dienone is 14. The number of nitrogens with two attached hydrogens (primary N) is 1. The zero-order valence-corrected chi connectivity index (χ0v) is 51.5. The van der Waals surface area contributed by atoms with Gasteiger partial charge in [-0.25, -0.2) is 4.57 Å². The van der Waals surface area contributed by atoms with Gasteiger partial charge in [-0.2, -0.15) is 0 Å². The maximum atomic E-state index is 12.7. The fourth-order valence-corrected chi connectivity index (χ4v) is 9.99. The summed E-state index contributed by atoms with van der Waals surface area (Å²) in [6.07, 6.45) is 83.8. The summed E-state index contributed by atoms with van der Waals surface area (Å²) in [5.41, 5.74) is 5.39. The molecule has 0 aromatic heterocycles. The van der Waals surface area contributed by atoms with Gasteiger partial charge in [0.15, 0.2) is 6.10 Å². The summed E-state index contributed by atoms with van der Waals surface area (Å²) in [6.45, 7) is 3.66. The number of carbonyl (C=O) groups is 2. The lowest BCUT2D eigenvalue weighted by Gasteiger charge is -2.19. The van der Waals surface area contributed by atoms with Crippen molar-refractivity contribution in [2.24, 2.45) is 5.73 Å². The highest BCUT2D eigenvalue weighted by molar-refractivity contribution is 7.47. The van der Waals surface area contributed by atoms with Gasteiger partial charge in [0.2, 0.25) is 0 Å². The molecule has 10 heteroatoms. The van der Waals surface area contributed by atoms with E-state index in [2.05, 4.69) is 98.9 Å². The molecule has 2 atom stereocenters. The Balaban J connectivity index is 3.83. The largest absolute Gasteiger partial charge is 0.472 e. The Morgan fingerprint density at radius 1 is 0.397 bits per heavy atom. The predicted molar refractivity (Wildman–Crippen MR) is 335 cm³/mol. The van der Waals surface area contributed by atoms with Crippen LogP contribution in [0, 0.1) is 0 Å². The van der Waals surface area contributed by atoms with Crippen molar-refractivity contribution >= 4 is 19.8 Å². The van der Waals surface area contributed by atoms with Crippen LogP contribution in [0.1, 0.15) is 303 Å². The molecule has 9 nitrogen and oxygen atoms in total. The summed E-state index contributed by atoms with van der Waals surface area (Å²) in [5.74, 6) is -0.822. The van der Waals surface area contributed by atoms with Crippen molar-refractivity contribution in [2.45, 2.75) is 309 Å². The lowest BCUT2D eigenvalue weighted by Crippen LogP contribution is -2.29. The molecule has 0 aliphatic rings. The van der Waals surface area contributed by atoms with Crippen LogP contribution in [-0.4, -0.2) is 49.3 Å². The highest BCUT2D eigenvalue weighted by atomic mass is 31.2. The minimum Gasteiger partial charge on any atom is -0.462 e. The average molecular weight is 1110 g/mol. The van der Waals surface area contributed by atoms with Crippen molar-refractivity contribution in [3.63, 3.8) is 0 Å². The van der Waals surface area contributed by atoms with E-state index < -0.39 is 26.5 Å². The number of rotatable bonds is 61. The maximum Gasteiger partial charge on any atom is 0.472 e. The number of hydrogen-bond donors (Lipinski definition) is 2. The van der Waals surface area contributed by atoms with Crippen LogP contribution in [0.4, 0.5) is 0 Å². The molecule has 0 aliphatic carbocycles. The molecule has 0 fully saturated rings. The number of hydrogen-bond acceptors (Lipinski definition) is 8.